The van der Waals surface area contributed by atoms with Gasteiger partial charge in [-0.05, 0) is 24.6 Å². The predicted octanol–water partition coefficient (Wildman–Crippen LogP) is 2.80. The highest BCUT2D eigenvalue weighted by molar-refractivity contribution is 5.94. The van der Waals surface area contributed by atoms with Crippen LogP contribution < -0.4 is 0 Å². The van der Waals surface area contributed by atoms with Crippen LogP contribution in [0, 0.1) is 16.0 Å². The van der Waals surface area contributed by atoms with E-state index < -0.39 is 22.8 Å². The predicted molar refractivity (Wildman–Crippen MR) is 103 cm³/mol. The smallest absolute Gasteiger partial charge is 0.320 e. The lowest BCUT2D eigenvalue weighted by atomic mass is 10.1. The second-order valence-corrected chi connectivity index (χ2v) is 6.37. The number of hydrogen-bond donors (Lipinski definition) is 1. The Kier molecular flexibility index (Phi) is 5.87. The minimum Gasteiger partial charge on any atom is -0.481 e. The molecule has 1 atom stereocenters. The third-order valence-electron chi connectivity index (χ3n) is 4.48. The topological polar surface area (TPSA) is 125 Å². The number of rotatable bonds is 8. The van der Waals surface area contributed by atoms with Crippen LogP contribution in [-0.2, 0) is 27.3 Å². The van der Waals surface area contributed by atoms with Crippen molar-refractivity contribution in [1.82, 2.24) is 9.55 Å². The largest absolute Gasteiger partial charge is 0.481 e. The number of fused-ring (bicyclic) bond motifs is 1. The SMILES string of the molecule is CCOC(=O)C(Cc1nc2ccccc2n1Cc1ccc([N+](=O)[O-])cc1)C(=O)O. The molecule has 2 aromatic carbocycles. The average molecular weight is 397 g/mol. The molecular formula is C20H19N3O6. The lowest BCUT2D eigenvalue weighted by molar-refractivity contribution is -0.384. The van der Waals surface area contributed by atoms with Gasteiger partial charge in [0, 0.05) is 25.1 Å². The Morgan fingerprint density at radius 3 is 2.52 bits per heavy atom. The molecule has 0 spiro atoms. The molecule has 0 saturated carbocycles. The summed E-state index contributed by atoms with van der Waals surface area (Å²) in [7, 11) is 0. The van der Waals surface area contributed by atoms with Gasteiger partial charge < -0.3 is 14.4 Å². The number of nitro groups is 1. The highest BCUT2D eigenvalue weighted by atomic mass is 16.6. The summed E-state index contributed by atoms with van der Waals surface area (Å²) in [5, 5.41) is 20.3. The molecule has 1 heterocycles. The zero-order valence-corrected chi connectivity index (χ0v) is 15.6. The summed E-state index contributed by atoms with van der Waals surface area (Å²) in [5.74, 6) is -3.04. The molecule has 1 N–H and O–H groups in total. The van der Waals surface area contributed by atoms with Gasteiger partial charge in [0.2, 0.25) is 0 Å². The van der Waals surface area contributed by atoms with E-state index in [0.717, 1.165) is 11.1 Å². The molecule has 3 rings (SSSR count). The molecule has 3 aromatic rings. The van der Waals surface area contributed by atoms with E-state index in [9.17, 15) is 24.8 Å². The quantitative estimate of drug-likeness (QED) is 0.268. The Bertz CT molecular complexity index is 1060. The Morgan fingerprint density at radius 2 is 1.90 bits per heavy atom. The minimum absolute atomic E-state index is 0.0160. The van der Waals surface area contributed by atoms with E-state index in [-0.39, 0.29) is 18.7 Å². The summed E-state index contributed by atoms with van der Waals surface area (Å²) in [6, 6.07) is 13.4. The van der Waals surface area contributed by atoms with Gasteiger partial charge in [-0.15, -0.1) is 0 Å². The number of aromatic nitrogens is 2. The number of nitrogens with zero attached hydrogens (tertiary/aromatic N) is 3. The van der Waals surface area contributed by atoms with Crippen LogP contribution >= 0.6 is 0 Å². The van der Waals surface area contributed by atoms with Crippen LogP contribution in [0.4, 0.5) is 5.69 Å². The lowest BCUT2D eigenvalue weighted by Gasteiger charge is -2.13. The summed E-state index contributed by atoms with van der Waals surface area (Å²) in [4.78, 5) is 38.6. The van der Waals surface area contributed by atoms with E-state index in [2.05, 4.69) is 4.98 Å². The van der Waals surface area contributed by atoms with E-state index in [1.807, 2.05) is 22.8 Å². The number of carboxylic acids is 1. The van der Waals surface area contributed by atoms with Gasteiger partial charge in [0.05, 0.1) is 22.6 Å². The summed E-state index contributed by atoms with van der Waals surface area (Å²) >= 11 is 0. The van der Waals surface area contributed by atoms with Crippen LogP contribution in [0.25, 0.3) is 11.0 Å². The second-order valence-electron chi connectivity index (χ2n) is 6.37. The number of carbonyl (C=O) groups excluding carboxylic acids is 1. The van der Waals surface area contributed by atoms with Crippen molar-refractivity contribution in [2.75, 3.05) is 6.61 Å². The van der Waals surface area contributed by atoms with Crippen molar-refractivity contribution >= 4 is 28.7 Å². The van der Waals surface area contributed by atoms with Gasteiger partial charge in [-0.25, -0.2) is 4.98 Å². The van der Waals surface area contributed by atoms with E-state index in [1.165, 1.54) is 12.1 Å². The van der Waals surface area contributed by atoms with Crippen molar-refractivity contribution in [3.05, 3.63) is 70.0 Å². The number of para-hydroxylation sites is 2. The van der Waals surface area contributed by atoms with Crippen molar-refractivity contribution in [2.24, 2.45) is 5.92 Å². The van der Waals surface area contributed by atoms with Crippen molar-refractivity contribution in [2.45, 2.75) is 19.9 Å². The molecule has 0 aliphatic rings. The molecule has 0 aliphatic carbocycles. The first-order valence-corrected chi connectivity index (χ1v) is 8.97. The maximum Gasteiger partial charge on any atom is 0.320 e. The summed E-state index contributed by atoms with van der Waals surface area (Å²) in [6.07, 6.45) is -0.129. The number of ether oxygens (including phenoxy) is 1. The second kappa shape index (κ2) is 8.51. The Labute approximate surface area is 165 Å². The van der Waals surface area contributed by atoms with Crippen LogP contribution in [0.15, 0.2) is 48.5 Å². The van der Waals surface area contributed by atoms with Crippen LogP contribution in [0.3, 0.4) is 0 Å². The van der Waals surface area contributed by atoms with Crippen molar-refractivity contribution in [1.29, 1.82) is 0 Å². The zero-order chi connectivity index (χ0) is 21.0. The number of imidazole rings is 1. The molecule has 29 heavy (non-hydrogen) atoms. The number of esters is 1. The van der Waals surface area contributed by atoms with Crippen LogP contribution in [0.2, 0.25) is 0 Å². The highest BCUT2D eigenvalue weighted by Gasteiger charge is 2.30. The van der Waals surface area contributed by atoms with E-state index >= 15 is 0 Å². The number of hydrogen-bond acceptors (Lipinski definition) is 6. The van der Waals surface area contributed by atoms with Gasteiger partial charge in [-0.1, -0.05) is 24.3 Å². The Morgan fingerprint density at radius 1 is 1.21 bits per heavy atom. The van der Waals surface area contributed by atoms with Crippen LogP contribution in [0.1, 0.15) is 18.3 Å². The minimum atomic E-state index is -1.37. The molecule has 0 aliphatic heterocycles. The summed E-state index contributed by atoms with van der Waals surface area (Å²) in [6.45, 7) is 2.02. The molecule has 150 valence electrons. The fourth-order valence-electron chi connectivity index (χ4n) is 3.06. The standard InChI is InChI=1S/C20H19N3O6/c1-2-29-20(26)15(19(24)25)11-18-21-16-5-3-4-6-17(16)22(18)12-13-7-9-14(10-8-13)23(27)28/h3-10,15H,2,11-12H2,1H3,(H,24,25). The molecular weight excluding hydrogens is 378 g/mol. The maximum atomic E-state index is 12.1. The first kappa shape index (κ1) is 20.0. The highest BCUT2D eigenvalue weighted by Crippen LogP contribution is 2.22. The first-order chi connectivity index (χ1) is 13.9. The zero-order valence-electron chi connectivity index (χ0n) is 15.6. The fraction of sp³-hybridized carbons (Fsp3) is 0.250. The average Bonchev–Trinajstić information content (AvgIpc) is 3.03. The number of carbonyl (C=O) groups is 2. The van der Waals surface area contributed by atoms with Gasteiger partial charge >= 0.3 is 11.9 Å². The lowest BCUT2D eigenvalue weighted by Crippen LogP contribution is -2.29. The number of benzene rings is 2. The molecule has 9 nitrogen and oxygen atoms in total. The van der Waals surface area contributed by atoms with E-state index in [1.54, 1.807) is 25.1 Å². The summed E-state index contributed by atoms with van der Waals surface area (Å²) < 4.78 is 6.70. The first-order valence-electron chi connectivity index (χ1n) is 8.97. The maximum absolute atomic E-state index is 12.1. The molecule has 0 bridgehead atoms. The van der Waals surface area contributed by atoms with Crippen molar-refractivity contribution < 1.29 is 24.4 Å². The molecule has 9 heteroatoms. The number of non-ortho nitro benzene ring substituents is 1. The van der Waals surface area contributed by atoms with Crippen LogP contribution in [-0.4, -0.2) is 38.1 Å². The number of nitro benzene ring substituents is 1. The Balaban J connectivity index is 1.98. The molecule has 0 saturated heterocycles. The molecule has 0 fully saturated rings. The van der Waals surface area contributed by atoms with E-state index in [0.29, 0.717) is 17.9 Å². The normalized spacial score (nSPS) is 11.9. The van der Waals surface area contributed by atoms with Crippen LogP contribution in [0.5, 0.6) is 0 Å². The number of carboxylic acid groups (broad SMARTS) is 1. The van der Waals surface area contributed by atoms with Gasteiger partial charge in [0.15, 0.2) is 5.92 Å². The van der Waals surface area contributed by atoms with Gasteiger partial charge in [0.25, 0.3) is 5.69 Å². The van der Waals surface area contributed by atoms with Gasteiger partial charge in [-0.3, -0.25) is 19.7 Å². The molecule has 0 radical (unpaired) electrons. The fourth-order valence-corrected chi connectivity index (χ4v) is 3.06. The molecule has 1 aromatic heterocycles. The van der Waals surface area contributed by atoms with E-state index in [4.69, 9.17) is 4.74 Å². The van der Waals surface area contributed by atoms with Crippen molar-refractivity contribution in [3.63, 3.8) is 0 Å². The monoisotopic (exact) mass is 397 g/mol. The van der Waals surface area contributed by atoms with Crippen molar-refractivity contribution in [3.8, 4) is 0 Å². The summed E-state index contributed by atoms with van der Waals surface area (Å²) in [5.41, 5.74) is 2.20. The third-order valence-corrected chi connectivity index (χ3v) is 4.48. The molecule has 1 unspecified atom stereocenters. The van der Waals surface area contributed by atoms with Gasteiger partial charge in [-0.2, -0.15) is 0 Å². The third kappa shape index (κ3) is 4.40. The molecule has 0 amide bonds. The Hall–Kier alpha value is -3.75. The number of aliphatic carboxylic acids is 1. The van der Waals surface area contributed by atoms with Gasteiger partial charge in [0.1, 0.15) is 5.82 Å².